The van der Waals surface area contributed by atoms with Gasteiger partial charge in [0.25, 0.3) is 0 Å². The Hall–Kier alpha value is -1.66. The van der Waals surface area contributed by atoms with Gasteiger partial charge in [-0.1, -0.05) is 0 Å². The first-order valence-electron chi connectivity index (χ1n) is 9.00. The first-order chi connectivity index (χ1) is 11.6. The van der Waals surface area contributed by atoms with E-state index in [1.54, 1.807) is 6.20 Å². The minimum absolute atomic E-state index is 0.330. The molecule has 132 valence electrons. The van der Waals surface area contributed by atoms with E-state index < -0.39 is 6.10 Å². The van der Waals surface area contributed by atoms with Crippen LogP contribution in [-0.4, -0.2) is 48.7 Å². The van der Waals surface area contributed by atoms with Crippen molar-refractivity contribution in [3.63, 3.8) is 0 Å². The van der Waals surface area contributed by atoms with Gasteiger partial charge in [-0.25, -0.2) is 9.97 Å². The van der Waals surface area contributed by atoms with Crippen molar-refractivity contribution >= 4 is 0 Å². The van der Waals surface area contributed by atoms with Gasteiger partial charge >= 0.3 is 0 Å². The van der Waals surface area contributed by atoms with E-state index in [9.17, 15) is 5.11 Å². The zero-order valence-electron chi connectivity index (χ0n) is 14.8. The molecule has 0 saturated carbocycles. The van der Waals surface area contributed by atoms with Gasteiger partial charge in [-0.15, -0.1) is 0 Å². The second-order valence-electron chi connectivity index (χ2n) is 6.90. The zero-order valence-corrected chi connectivity index (χ0v) is 14.8. The van der Waals surface area contributed by atoms with Crippen molar-refractivity contribution in [2.24, 2.45) is 13.0 Å². The van der Waals surface area contributed by atoms with Crippen LogP contribution in [0, 0.1) is 12.8 Å². The standard InChI is InChI=1S/C18H29N5O/c1-15-19-8-14-23(15)10-4-3-9-22-11-5-16(6-12-22)17(24)18-20-7-13-21(18)2/h7-8,13-14,16-17,24H,3-6,9-12H2,1-2H3. The molecule has 0 radical (unpaired) electrons. The molecule has 0 aliphatic carbocycles. The van der Waals surface area contributed by atoms with E-state index in [-0.39, 0.29) is 0 Å². The van der Waals surface area contributed by atoms with Crippen LogP contribution in [0.15, 0.2) is 24.8 Å². The minimum atomic E-state index is -0.434. The normalized spacial score (nSPS) is 18.1. The van der Waals surface area contributed by atoms with Gasteiger partial charge in [-0.2, -0.15) is 0 Å². The van der Waals surface area contributed by atoms with E-state index >= 15 is 0 Å². The molecule has 24 heavy (non-hydrogen) atoms. The lowest BCUT2D eigenvalue weighted by molar-refractivity contribution is 0.0507. The monoisotopic (exact) mass is 331 g/mol. The fourth-order valence-corrected chi connectivity index (χ4v) is 3.62. The Morgan fingerprint density at radius 1 is 1.12 bits per heavy atom. The number of aliphatic hydroxyl groups excluding tert-OH is 1. The first kappa shape index (κ1) is 17.2. The van der Waals surface area contributed by atoms with Crippen molar-refractivity contribution < 1.29 is 5.11 Å². The lowest BCUT2D eigenvalue weighted by Gasteiger charge is -2.34. The lowest BCUT2D eigenvalue weighted by atomic mass is 9.90. The molecule has 2 aromatic heterocycles. The SMILES string of the molecule is Cc1nccn1CCCCN1CCC(C(O)c2nccn2C)CC1. The van der Waals surface area contributed by atoms with Crippen LogP contribution in [0.25, 0.3) is 0 Å². The summed E-state index contributed by atoms with van der Waals surface area (Å²) in [4.78, 5) is 11.1. The summed E-state index contributed by atoms with van der Waals surface area (Å²) in [6, 6.07) is 0. The Balaban J connectivity index is 1.36. The maximum atomic E-state index is 10.5. The zero-order chi connectivity index (χ0) is 16.9. The summed E-state index contributed by atoms with van der Waals surface area (Å²) >= 11 is 0. The molecular weight excluding hydrogens is 302 g/mol. The number of piperidine rings is 1. The van der Waals surface area contributed by atoms with Gasteiger partial charge in [0.1, 0.15) is 17.8 Å². The lowest BCUT2D eigenvalue weighted by Crippen LogP contribution is -2.36. The van der Waals surface area contributed by atoms with Gasteiger partial charge < -0.3 is 19.1 Å². The molecule has 1 unspecified atom stereocenters. The molecule has 2 aromatic rings. The van der Waals surface area contributed by atoms with Gasteiger partial charge in [0, 0.05) is 38.4 Å². The quantitative estimate of drug-likeness (QED) is 0.790. The van der Waals surface area contributed by atoms with Crippen LogP contribution in [0.4, 0.5) is 0 Å². The molecule has 3 rings (SSSR count). The number of rotatable bonds is 7. The van der Waals surface area contributed by atoms with E-state index in [2.05, 4.69) is 32.6 Å². The molecule has 6 heteroatoms. The molecule has 3 heterocycles. The molecule has 0 bridgehead atoms. The largest absolute Gasteiger partial charge is 0.385 e. The number of aryl methyl sites for hydroxylation is 3. The number of nitrogens with zero attached hydrogens (tertiary/aromatic N) is 5. The molecule has 6 nitrogen and oxygen atoms in total. The molecule has 1 N–H and O–H groups in total. The maximum Gasteiger partial charge on any atom is 0.137 e. The average molecular weight is 331 g/mol. The summed E-state index contributed by atoms with van der Waals surface area (Å²) in [5, 5.41) is 10.5. The second kappa shape index (κ2) is 7.94. The smallest absolute Gasteiger partial charge is 0.137 e. The molecular formula is C18H29N5O. The summed E-state index contributed by atoms with van der Waals surface area (Å²) in [5.74, 6) is 2.22. The molecule has 1 fully saturated rings. The Bertz CT molecular complexity index is 627. The van der Waals surface area contributed by atoms with Crippen molar-refractivity contribution in [2.75, 3.05) is 19.6 Å². The molecule has 0 aromatic carbocycles. The fraction of sp³-hybridized carbons (Fsp3) is 0.667. The van der Waals surface area contributed by atoms with Crippen LogP contribution in [0.5, 0.6) is 0 Å². The van der Waals surface area contributed by atoms with Crippen molar-refractivity contribution in [2.45, 2.75) is 45.3 Å². The summed E-state index contributed by atoms with van der Waals surface area (Å²) in [5.41, 5.74) is 0. The molecule has 0 spiro atoms. The summed E-state index contributed by atoms with van der Waals surface area (Å²) in [7, 11) is 1.95. The van der Waals surface area contributed by atoms with Gasteiger partial charge in [0.2, 0.25) is 0 Å². The number of unbranched alkanes of at least 4 members (excludes halogenated alkanes) is 1. The number of imidazole rings is 2. The molecule has 0 amide bonds. The van der Waals surface area contributed by atoms with Crippen LogP contribution in [0.1, 0.15) is 43.4 Å². The third kappa shape index (κ3) is 4.05. The van der Waals surface area contributed by atoms with Gasteiger partial charge in [-0.05, 0) is 58.2 Å². The number of aromatic nitrogens is 4. The van der Waals surface area contributed by atoms with E-state index in [1.165, 1.54) is 12.8 Å². The summed E-state index contributed by atoms with van der Waals surface area (Å²) in [6.07, 6.45) is 11.6. The van der Waals surface area contributed by atoms with Crippen molar-refractivity contribution in [1.82, 2.24) is 24.0 Å². The third-order valence-electron chi connectivity index (χ3n) is 5.25. The van der Waals surface area contributed by atoms with Crippen LogP contribution >= 0.6 is 0 Å². The summed E-state index contributed by atoms with van der Waals surface area (Å²) in [6.45, 7) is 6.42. The van der Waals surface area contributed by atoms with Crippen LogP contribution in [0.3, 0.4) is 0 Å². The highest BCUT2D eigenvalue weighted by Crippen LogP contribution is 2.29. The Morgan fingerprint density at radius 2 is 1.83 bits per heavy atom. The van der Waals surface area contributed by atoms with Crippen molar-refractivity contribution in [1.29, 1.82) is 0 Å². The molecule has 1 saturated heterocycles. The fourth-order valence-electron chi connectivity index (χ4n) is 3.62. The topological polar surface area (TPSA) is 59.1 Å². The van der Waals surface area contributed by atoms with E-state index in [0.29, 0.717) is 5.92 Å². The molecule has 1 aliphatic heterocycles. The van der Waals surface area contributed by atoms with Gasteiger partial charge in [-0.3, -0.25) is 0 Å². The van der Waals surface area contributed by atoms with Crippen LogP contribution < -0.4 is 0 Å². The van der Waals surface area contributed by atoms with Crippen molar-refractivity contribution in [3.05, 3.63) is 36.4 Å². The van der Waals surface area contributed by atoms with Crippen LogP contribution in [0.2, 0.25) is 0 Å². The highest BCUT2D eigenvalue weighted by Gasteiger charge is 2.28. The average Bonchev–Trinajstić information content (AvgIpc) is 3.20. The predicted octanol–water partition coefficient (Wildman–Crippen LogP) is 2.15. The highest BCUT2D eigenvalue weighted by atomic mass is 16.3. The van der Waals surface area contributed by atoms with Crippen molar-refractivity contribution in [3.8, 4) is 0 Å². The molecule has 1 aliphatic rings. The Labute approximate surface area is 144 Å². The maximum absolute atomic E-state index is 10.5. The third-order valence-corrected chi connectivity index (χ3v) is 5.25. The Kier molecular flexibility index (Phi) is 5.68. The molecule has 1 atom stereocenters. The second-order valence-corrected chi connectivity index (χ2v) is 6.90. The van der Waals surface area contributed by atoms with Gasteiger partial charge in [0.05, 0.1) is 0 Å². The van der Waals surface area contributed by atoms with E-state index in [4.69, 9.17) is 0 Å². The van der Waals surface area contributed by atoms with Gasteiger partial charge in [0.15, 0.2) is 0 Å². The van der Waals surface area contributed by atoms with E-state index in [1.807, 2.05) is 24.0 Å². The first-order valence-corrected chi connectivity index (χ1v) is 9.00. The van der Waals surface area contributed by atoms with E-state index in [0.717, 1.165) is 50.7 Å². The van der Waals surface area contributed by atoms with Crippen LogP contribution in [-0.2, 0) is 13.6 Å². The number of likely N-dealkylation sites (tertiary alicyclic amines) is 1. The number of aliphatic hydroxyl groups is 1. The minimum Gasteiger partial charge on any atom is -0.385 e. The number of hydrogen-bond acceptors (Lipinski definition) is 4. The predicted molar refractivity (Wildman–Crippen MR) is 93.5 cm³/mol. The number of hydrogen-bond donors (Lipinski definition) is 1. The summed E-state index contributed by atoms with van der Waals surface area (Å²) < 4.78 is 4.14. The Morgan fingerprint density at radius 3 is 2.46 bits per heavy atom. The highest BCUT2D eigenvalue weighted by molar-refractivity contribution is 4.98.